The van der Waals surface area contributed by atoms with Gasteiger partial charge in [-0.05, 0) is 37.3 Å². The molecule has 2 aromatic rings. The van der Waals surface area contributed by atoms with E-state index in [9.17, 15) is 13.2 Å². The molecule has 1 N–H and O–H groups in total. The predicted molar refractivity (Wildman–Crippen MR) is 111 cm³/mol. The van der Waals surface area contributed by atoms with Crippen LogP contribution in [0, 0.1) is 0 Å². The number of hydrogen-bond acceptors (Lipinski definition) is 4. The first-order chi connectivity index (χ1) is 13.3. The fourth-order valence-electron chi connectivity index (χ4n) is 3.07. The summed E-state index contributed by atoms with van der Waals surface area (Å²) < 4.78 is 26.9. The Morgan fingerprint density at radius 3 is 2.32 bits per heavy atom. The van der Waals surface area contributed by atoms with Gasteiger partial charge in [-0.25, -0.2) is 8.42 Å². The highest BCUT2D eigenvalue weighted by atomic mass is 35.5. The minimum atomic E-state index is -3.52. The Labute approximate surface area is 175 Å². The van der Waals surface area contributed by atoms with Gasteiger partial charge in [0.1, 0.15) is 0 Å². The Bertz CT molecular complexity index is 946. The molecule has 0 spiro atoms. The summed E-state index contributed by atoms with van der Waals surface area (Å²) in [5, 5.41) is 3.67. The number of piperazine rings is 1. The van der Waals surface area contributed by atoms with Crippen molar-refractivity contribution in [3.63, 3.8) is 0 Å². The highest BCUT2D eigenvalue weighted by Gasteiger charge is 2.31. The van der Waals surface area contributed by atoms with E-state index in [0.717, 1.165) is 0 Å². The smallest absolute Gasteiger partial charge is 0.243 e. The average molecular weight is 442 g/mol. The fraction of sp³-hybridized carbons (Fsp3) is 0.316. The van der Waals surface area contributed by atoms with Gasteiger partial charge >= 0.3 is 0 Å². The van der Waals surface area contributed by atoms with Gasteiger partial charge in [0.2, 0.25) is 15.9 Å². The van der Waals surface area contributed by atoms with Crippen LogP contribution in [0.15, 0.2) is 53.4 Å². The second-order valence-corrected chi connectivity index (χ2v) is 9.32. The minimum absolute atomic E-state index is 0.219. The molecule has 0 aliphatic carbocycles. The summed E-state index contributed by atoms with van der Waals surface area (Å²) in [6.07, 6.45) is 0. The highest BCUT2D eigenvalue weighted by Crippen LogP contribution is 2.26. The molecule has 3 rings (SSSR count). The summed E-state index contributed by atoms with van der Waals surface area (Å²) in [4.78, 5) is 14.8. The highest BCUT2D eigenvalue weighted by molar-refractivity contribution is 7.89. The Kier molecular flexibility index (Phi) is 6.62. The molecule has 1 amide bonds. The summed E-state index contributed by atoms with van der Waals surface area (Å²) in [6.45, 7) is 3.36. The summed E-state index contributed by atoms with van der Waals surface area (Å²) in [7, 11) is -3.52. The van der Waals surface area contributed by atoms with Gasteiger partial charge in [0.25, 0.3) is 0 Å². The van der Waals surface area contributed by atoms with Crippen molar-refractivity contribution in [2.75, 3.05) is 31.5 Å². The first-order valence-corrected chi connectivity index (χ1v) is 11.0. The lowest BCUT2D eigenvalue weighted by atomic mass is 10.2. The largest absolute Gasteiger partial charge is 0.323 e. The molecule has 0 saturated carbocycles. The maximum absolute atomic E-state index is 12.7. The van der Waals surface area contributed by atoms with Gasteiger partial charge in [-0.2, -0.15) is 4.31 Å². The van der Waals surface area contributed by atoms with Crippen molar-refractivity contribution >= 4 is 44.8 Å². The summed E-state index contributed by atoms with van der Waals surface area (Å²) >= 11 is 12.1. The molecule has 150 valence electrons. The van der Waals surface area contributed by atoms with E-state index in [-0.39, 0.29) is 10.8 Å². The number of anilines is 1. The van der Waals surface area contributed by atoms with Crippen LogP contribution < -0.4 is 5.32 Å². The van der Waals surface area contributed by atoms with Crippen LogP contribution in [-0.4, -0.2) is 55.8 Å². The standard InChI is InChI=1S/C19H21Cl2N3O3S/c1-14(19(25)22-18-13-15(20)7-8-17(18)21)23-9-11-24(12-10-23)28(26,27)16-5-3-2-4-6-16/h2-8,13-14H,9-12H2,1H3,(H,22,25). The van der Waals surface area contributed by atoms with Crippen molar-refractivity contribution in [1.29, 1.82) is 0 Å². The van der Waals surface area contributed by atoms with E-state index >= 15 is 0 Å². The average Bonchev–Trinajstić information content (AvgIpc) is 2.71. The van der Waals surface area contributed by atoms with E-state index in [1.807, 2.05) is 4.90 Å². The molecule has 0 radical (unpaired) electrons. The van der Waals surface area contributed by atoms with Crippen LogP contribution in [0.5, 0.6) is 0 Å². The molecule has 1 saturated heterocycles. The normalized spacial score (nSPS) is 17.2. The fourth-order valence-corrected chi connectivity index (χ4v) is 4.85. The van der Waals surface area contributed by atoms with E-state index in [1.165, 1.54) is 4.31 Å². The summed E-state index contributed by atoms with van der Waals surface area (Å²) in [5.41, 5.74) is 0.455. The molecule has 28 heavy (non-hydrogen) atoms. The second-order valence-electron chi connectivity index (χ2n) is 6.54. The molecule has 2 aromatic carbocycles. The molecular formula is C19H21Cl2N3O3S. The van der Waals surface area contributed by atoms with E-state index in [0.29, 0.717) is 41.9 Å². The van der Waals surface area contributed by atoms with Crippen molar-refractivity contribution in [2.45, 2.75) is 17.9 Å². The number of benzene rings is 2. The Hall–Kier alpha value is -1.64. The first kappa shape index (κ1) is 21.1. The van der Waals surface area contributed by atoms with Crippen LogP contribution in [0.25, 0.3) is 0 Å². The topological polar surface area (TPSA) is 69.7 Å². The molecule has 1 fully saturated rings. The maximum atomic E-state index is 12.7. The van der Waals surface area contributed by atoms with Crippen LogP contribution in [0.4, 0.5) is 5.69 Å². The van der Waals surface area contributed by atoms with Gasteiger partial charge in [-0.1, -0.05) is 41.4 Å². The Morgan fingerprint density at radius 1 is 1.04 bits per heavy atom. The molecule has 9 heteroatoms. The number of nitrogens with one attached hydrogen (secondary N) is 1. The van der Waals surface area contributed by atoms with Gasteiger partial charge in [-0.3, -0.25) is 9.69 Å². The second kappa shape index (κ2) is 8.80. The minimum Gasteiger partial charge on any atom is -0.323 e. The first-order valence-electron chi connectivity index (χ1n) is 8.84. The van der Waals surface area contributed by atoms with Crippen LogP contribution in [0.3, 0.4) is 0 Å². The van der Waals surface area contributed by atoms with Gasteiger partial charge in [0.05, 0.1) is 21.6 Å². The number of nitrogens with zero attached hydrogens (tertiary/aromatic N) is 2. The molecule has 0 aromatic heterocycles. The third-order valence-electron chi connectivity index (χ3n) is 4.77. The third-order valence-corrected chi connectivity index (χ3v) is 7.25. The predicted octanol–water partition coefficient (Wildman–Crippen LogP) is 3.33. The van der Waals surface area contributed by atoms with Crippen LogP contribution >= 0.6 is 23.2 Å². The van der Waals surface area contributed by atoms with Crippen molar-refractivity contribution in [2.24, 2.45) is 0 Å². The van der Waals surface area contributed by atoms with E-state index < -0.39 is 16.1 Å². The Morgan fingerprint density at radius 2 is 1.68 bits per heavy atom. The van der Waals surface area contributed by atoms with E-state index in [1.54, 1.807) is 55.5 Å². The van der Waals surface area contributed by atoms with Crippen molar-refractivity contribution in [3.05, 3.63) is 58.6 Å². The van der Waals surface area contributed by atoms with Gasteiger partial charge in [0, 0.05) is 31.2 Å². The van der Waals surface area contributed by atoms with Crippen molar-refractivity contribution in [1.82, 2.24) is 9.21 Å². The maximum Gasteiger partial charge on any atom is 0.243 e. The summed E-state index contributed by atoms with van der Waals surface area (Å²) in [6, 6.07) is 12.8. The van der Waals surface area contributed by atoms with E-state index in [4.69, 9.17) is 23.2 Å². The molecule has 1 unspecified atom stereocenters. The lowest BCUT2D eigenvalue weighted by molar-refractivity contribution is -0.121. The monoisotopic (exact) mass is 441 g/mol. The zero-order valence-electron chi connectivity index (χ0n) is 15.3. The molecule has 1 heterocycles. The van der Waals surface area contributed by atoms with Crippen LogP contribution in [-0.2, 0) is 14.8 Å². The van der Waals surface area contributed by atoms with Gasteiger partial charge < -0.3 is 5.32 Å². The van der Waals surface area contributed by atoms with Crippen molar-refractivity contribution < 1.29 is 13.2 Å². The van der Waals surface area contributed by atoms with E-state index in [2.05, 4.69) is 5.32 Å². The molecule has 1 atom stereocenters. The number of halogens is 2. The quantitative estimate of drug-likeness (QED) is 0.772. The van der Waals surface area contributed by atoms with Crippen LogP contribution in [0.2, 0.25) is 10.0 Å². The lowest BCUT2D eigenvalue weighted by Gasteiger charge is -2.36. The zero-order chi connectivity index (χ0) is 20.3. The van der Waals surface area contributed by atoms with Gasteiger partial charge in [-0.15, -0.1) is 0 Å². The molecule has 1 aliphatic heterocycles. The lowest BCUT2D eigenvalue weighted by Crippen LogP contribution is -2.53. The molecule has 0 bridgehead atoms. The number of carbonyl (C=O) groups is 1. The molecule has 1 aliphatic rings. The van der Waals surface area contributed by atoms with Crippen LogP contribution in [0.1, 0.15) is 6.92 Å². The molecule has 6 nitrogen and oxygen atoms in total. The number of rotatable bonds is 5. The summed E-state index contributed by atoms with van der Waals surface area (Å²) in [5.74, 6) is -0.219. The molecular weight excluding hydrogens is 421 g/mol. The number of amides is 1. The number of carbonyl (C=O) groups excluding carboxylic acids is 1. The number of sulfonamides is 1. The number of hydrogen-bond donors (Lipinski definition) is 1. The SMILES string of the molecule is CC(C(=O)Nc1cc(Cl)ccc1Cl)N1CCN(S(=O)(=O)c2ccccc2)CC1. The Balaban J connectivity index is 1.61. The van der Waals surface area contributed by atoms with Gasteiger partial charge in [0.15, 0.2) is 0 Å². The van der Waals surface area contributed by atoms with Crippen molar-refractivity contribution in [3.8, 4) is 0 Å². The zero-order valence-corrected chi connectivity index (χ0v) is 17.6. The third kappa shape index (κ3) is 4.67.